The van der Waals surface area contributed by atoms with Gasteiger partial charge < -0.3 is 0 Å². The van der Waals surface area contributed by atoms with E-state index in [-0.39, 0.29) is 5.82 Å². The molecule has 0 heterocycles. The van der Waals surface area contributed by atoms with Gasteiger partial charge in [0.2, 0.25) is 0 Å². The van der Waals surface area contributed by atoms with Crippen molar-refractivity contribution in [3.63, 3.8) is 0 Å². The van der Waals surface area contributed by atoms with E-state index < -0.39 is 0 Å². The Balaban J connectivity index is 3.06. The molecule has 9 heavy (non-hydrogen) atoms. The van der Waals surface area contributed by atoms with Crippen LogP contribution >= 0.6 is 0 Å². The van der Waals surface area contributed by atoms with E-state index in [9.17, 15) is 4.39 Å². The molecule has 1 rings (SSSR count). The Morgan fingerprint density at radius 3 is 2.22 bits per heavy atom. The van der Waals surface area contributed by atoms with Crippen molar-refractivity contribution in [3.05, 3.63) is 41.5 Å². The molecule has 1 aromatic carbocycles. The third-order valence-electron chi connectivity index (χ3n) is 0.956. The van der Waals surface area contributed by atoms with Crippen molar-refractivity contribution in [3.8, 4) is 0 Å². The minimum Gasteiger partial charge on any atom is -0.238 e. The first-order valence-corrected chi connectivity index (χ1v) is 2.46. The molecule has 0 spiro atoms. The van der Waals surface area contributed by atoms with Gasteiger partial charge in [-0.05, 0) is 12.1 Å². The molecule has 44 valence electrons. The lowest BCUT2D eigenvalue weighted by molar-refractivity contribution is 0.628. The maximum atomic E-state index is 12.1. The Hall–Kier alpha value is -1.36. The van der Waals surface area contributed by atoms with Crippen LogP contribution in [0.2, 0.25) is 0 Å². The van der Waals surface area contributed by atoms with Crippen LogP contribution < -0.4 is 0 Å². The third-order valence-corrected chi connectivity index (χ3v) is 0.956. The quantitative estimate of drug-likeness (QED) is 0.464. The van der Waals surface area contributed by atoms with Gasteiger partial charge in [0.15, 0.2) is 5.69 Å². The summed E-state index contributed by atoms with van der Waals surface area (Å²) in [6, 6.07) is 5.44. The maximum absolute atomic E-state index is 12.1. The second-order valence-corrected chi connectivity index (χ2v) is 1.59. The summed E-state index contributed by atoms with van der Waals surface area (Å²) in [6.07, 6.45) is 0. The van der Waals surface area contributed by atoms with Crippen LogP contribution in [0.4, 0.5) is 10.1 Å². The van der Waals surface area contributed by atoms with Crippen LogP contribution in [0.1, 0.15) is 0 Å². The second-order valence-electron chi connectivity index (χ2n) is 1.59. The smallest absolute Gasteiger partial charge is 0.187 e. The molecule has 0 saturated heterocycles. The summed E-state index contributed by atoms with van der Waals surface area (Å²) < 4.78 is 12.1. The highest BCUT2D eigenvalue weighted by molar-refractivity contribution is 5.43. The Labute approximate surface area is 52.6 Å². The van der Waals surface area contributed by atoms with Crippen LogP contribution in [0.15, 0.2) is 24.3 Å². The fourth-order valence-corrected chi connectivity index (χ4v) is 0.516. The molecule has 0 fully saturated rings. The molecule has 0 aliphatic carbocycles. The predicted molar refractivity (Wildman–Crippen MR) is 32.7 cm³/mol. The molecule has 0 aliphatic rings. The predicted octanol–water partition coefficient (Wildman–Crippen LogP) is 2.38. The van der Waals surface area contributed by atoms with Gasteiger partial charge in [-0.15, -0.1) is 0 Å². The fourth-order valence-electron chi connectivity index (χ4n) is 0.516. The van der Waals surface area contributed by atoms with Gasteiger partial charge in [0.05, 0.1) is 6.57 Å². The molecule has 0 atom stereocenters. The van der Waals surface area contributed by atoms with E-state index in [1.165, 1.54) is 24.3 Å². The van der Waals surface area contributed by atoms with Crippen molar-refractivity contribution in [2.24, 2.45) is 0 Å². The van der Waals surface area contributed by atoms with Crippen molar-refractivity contribution in [2.75, 3.05) is 0 Å². The van der Waals surface area contributed by atoms with Crippen molar-refractivity contribution in [1.29, 1.82) is 0 Å². The van der Waals surface area contributed by atoms with Crippen molar-refractivity contribution >= 4 is 5.69 Å². The summed E-state index contributed by atoms with van der Waals surface area (Å²) in [5.74, 6) is -0.303. The molecule has 0 aromatic heterocycles. The normalized spacial score (nSPS) is 8.44. The zero-order valence-electron chi connectivity index (χ0n) is 4.63. The highest BCUT2D eigenvalue weighted by Crippen LogP contribution is 2.10. The van der Waals surface area contributed by atoms with Gasteiger partial charge in [-0.25, -0.2) is 9.24 Å². The lowest BCUT2D eigenvalue weighted by Gasteiger charge is -1.85. The first-order chi connectivity index (χ1) is 4.33. The summed E-state index contributed by atoms with van der Waals surface area (Å²) in [7, 11) is 0. The largest absolute Gasteiger partial charge is 0.238 e. The number of halogens is 1. The lowest BCUT2D eigenvalue weighted by Crippen LogP contribution is -1.66. The minimum absolute atomic E-state index is 0.303. The van der Waals surface area contributed by atoms with E-state index in [0.717, 1.165) is 0 Å². The molecule has 1 nitrogen and oxygen atoms in total. The molecule has 0 aliphatic heterocycles. The molecule has 0 amide bonds. The van der Waals surface area contributed by atoms with E-state index >= 15 is 0 Å². The zero-order chi connectivity index (χ0) is 6.69. The summed E-state index contributed by atoms with van der Waals surface area (Å²) >= 11 is 0. The standard InChI is InChI=1S/C7H4FN/c1-9-7-4-2-6(8)3-5-7/h2-5H. The average molecular weight is 121 g/mol. The Morgan fingerprint density at radius 1 is 1.22 bits per heavy atom. The SMILES string of the molecule is [C-]#[N+]c1ccc(F)cc1. The van der Waals surface area contributed by atoms with Gasteiger partial charge in [0.25, 0.3) is 0 Å². The average Bonchev–Trinajstić information content (AvgIpc) is 1.90. The van der Waals surface area contributed by atoms with E-state index in [4.69, 9.17) is 6.57 Å². The lowest BCUT2D eigenvalue weighted by atomic mass is 10.3. The topological polar surface area (TPSA) is 4.36 Å². The highest BCUT2D eigenvalue weighted by Gasteiger charge is 1.88. The van der Waals surface area contributed by atoms with Crippen LogP contribution in [0.3, 0.4) is 0 Å². The van der Waals surface area contributed by atoms with Crippen molar-refractivity contribution in [2.45, 2.75) is 0 Å². The van der Waals surface area contributed by atoms with Crippen LogP contribution in [0.25, 0.3) is 4.85 Å². The van der Waals surface area contributed by atoms with Gasteiger partial charge >= 0.3 is 0 Å². The van der Waals surface area contributed by atoms with Crippen LogP contribution in [-0.4, -0.2) is 0 Å². The molecular formula is C7H4FN. The van der Waals surface area contributed by atoms with Gasteiger partial charge in [-0.1, -0.05) is 12.1 Å². The van der Waals surface area contributed by atoms with Crippen molar-refractivity contribution in [1.82, 2.24) is 0 Å². The Bertz CT molecular complexity index is 232. The summed E-state index contributed by atoms with van der Waals surface area (Å²) in [6.45, 7) is 6.52. The number of hydrogen-bond acceptors (Lipinski definition) is 0. The molecule has 0 saturated carbocycles. The van der Waals surface area contributed by atoms with Gasteiger partial charge in [-0.3, -0.25) is 0 Å². The summed E-state index contributed by atoms with van der Waals surface area (Å²) in [5, 5.41) is 0. The number of benzene rings is 1. The van der Waals surface area contributed by atoms with Crippen LogP contribution in [0.5, 0.6) is 0 Å². The molecule has 2 heteroatoms. The minimum atomic E-state index is -0.303. The molecule has 0 radical (unpaired) electrons. The third kappa shape index (κ3) is 1.26. The fraction of sp³-hybridized carbons (Fsp3) is 0. The zero-order valence-corrected chi connectivity index (χ0v) is 4.63. The molecule has 1 aromatic rings. The van der Waals surface area contributed by atoms with Crippen LogP contribution in [0, 0.1) is 12.4 Å². The first-order valence-electron chi connectivity index (χ1n) is 2.46. The van der Waals surface area contributed by atoms with E-state index in [2.05, 4.69) is 4.85 Å². The monoisotopic (exact) mass is 121 g/mol. The number of hydrogen-bond donors (Lipinski definition) is 0. The van der Waals surface area contributed by atoms with E-state index in [1.807, 2.05) is 0 Å². The molecule has 0 bridgehead atoms. The van der Waals surface area contributed by atoms with Gasteiger partial charge in [0.1, 0.15) is 5.82 Å². The molecular weight excluding hydrogens is 117 g/mol. The van der Waals surface area contributed by atoms with Crippen molar-refractivity contribution < 1.29 is 4.39 Å². The van der Waals surface area contributed by atoms with Gasteiger partial charge in [-0.2, -0.15) is 0 Å². The van der Waals surface area contributed by atoms with E-state index in [0.29, 0.717) is 5.69 Å². The molecule has 0 unspecified atom stereocenters. The Kier molecular flexibility index (Phi) is 1.46. The van der Waals surface area contributed by atoms with Gasteiger partial charge in [0, 0.05) is 0 Å². The summed E-state index contributed by atoms with van der Waals surface area (Å²) in [5.41, 5.74) is 0.469. The van der Waals surface area contributed by atoms with E-state index in [1.54, 1.807) is 0 Å². The number of rotatable bonds is 0. The molecule has 0 N–H and O–H groups in total. The highest BCUT2D eigenvalue weighted by atomic mass is 19.1. The summed E-state index contributed by atoms with van der Waals surface area (Å²) in [4.78, 5) is 3.10. The maximum Gasteiger partial charge on any atom is 0.187 e. The first kappa shape index (κ1) is 5.77. The Morgan fingerprint density at radius 2 is 1.78 bits per heavy atom. The second kappa shape index (κ2) is 2.27. The van der Waals surface area contributed by atoms with Crippen LogP contribution in [-0.2, 0) is 0 Å². The number of nitrogens with zero attached hydrogens (tertiary/aromatic N) is 1.